The highest BCUT2D eigenvalue weighted by Crippen LogP contribution is 2.26. The predicted octanol–water partition coefficient (Wildman–Crippen LogP) is 1.18. The fourth-order valence-corrected chi connectivity index (χ4v) is 1.54. The zero-order valence-electron chi connectivity index (χ0n) is 6.72. The van der Waals surface area contributed by atoms with Gasteiger partial charge in [0.25, 0.3) is 11.7 Å². The molecule has 1 aromatic rings. The van der Waals surface area contributed by atoms with Gasteiger partial charge in [-0.2, -0.15) is 0 Å². The van der Waals surface area contributed by atoms with Gasteiger partial charge in [0.2, 0.25) is 0 Å². The molecular formula is C8H5ClN2O2. The molecule has 0 radical (unpaired) electrons. The summed E-state index contributed by atoms with van der Waals surface area (Å²) in [4.78, 5) is 26.0. The van der Waals surface area contributed by atoms with E-state index in [9.17, 15) is 9.59 Å². The van der Waals surface area contributed by atoms with Crippen LogP contribution in [0.5, 0.6) is 0 Å². The Morgan fingerprint density at radius 3 is 2.85 bits per heavy atom. The molecule has 1 aromatic heterocycles. The van der Waals surface area contributed by atoms with Crippen molar-refractivity contribution in [3.05, 3.63) is 22.3 Å². The molecule has 0 spiro atoms. The first-order valence-corrected chi connectivity index (χ1v) is 4.00. The zero-order chi connectivity index (χ0) is 9.59. The van der Waals surface area contributed by atoms with Crippen LogP contribution >= 0.6 is 11.6 Å². The number of pyridine rings is 1. The van der Waals surface area contributed by atoms with E-state index in [0.717, 1.165) is 0 Å². The number of nitrogens with zero attached hydrogens (tertiary/aromatic N) is 1. The molecule has 1 aliphatic heterocycles. The quantitative estimate of drug-likeness (QED) is 0.501. The Bertz CT molecular complexity index is 428. The average Bonchev–Trinajstić information content (AvgIpc) is 2.27. The van der Waals surface area contributed by atoms with Crippen LogP contribution in [0.3, 0.4) is 0 Å². The van der Waals surface area contributed by atoms with Crippen molar-refractivity contribution >= 4 is 29.1 Å². The minimum atomic E-state index is -0.645. The number of ketones is 1. The van der Waals surface area contributed by atoms with Gasteiger partial charge < -0.3 is 5.32 Å². The zero-order valence-corrected chi connectivity index (χ0v) is 7.47. The minimum Gasteiger partial charge on any atom is -0.303 e. The van der Waals surface area contributed by atoms with Gasteiger partial charge in [-0.25, -0.2) is 4.98 Å². The Labute approximate surface area is 78.9 Å². The smallest absolute Gasteiger partial charge is 0.298 e. The third kappa shape index (κ3) is 1.10. The maximum Gasteiger partial charge on any atom is 0.298 e. The Morgan fingerprint density at radius 2 is 2.15 bits per heavy atom. The van der Waals surface area contributed by atoms with Crippen molar-refractivity contribution in [1.29, 1.82) is 0 Å². The van der Waals surface area contributed by atoms with E-state index in [1.807, 2.05) is 0 Å². The third-order valence-corrected chi connectivity index (χ3v) is 2.04. The first-order chi connectivity index (χ1) is 6.09. The SMILES string of the molecule is Cc1cc(Cl)nc2c1C(=O)C(=O)N2. The Kier molecular flexibility index (Phi) is 1.60. The fourth-order valence-electron chi connectivity index (χ4n) is 1.29. The monoisotopic (exact) mass is 196 g/mol. The lowest BCUT2D eigenvalue weighted by atomic mass is 10.1. The molecule has 0 saturated carbocycles. The second-order valence-corrected chi connectivity index (χ2v) is 3.16. The molecule has 0 bridgehead atoms. The van der Waals surface area contributed by atoms with E-state index in [1.165, 1.54) is 0 Å². The number of Topliss-reactive ketones (excluding diaryl/α,β-unsaturated/α-hetero) is 1. The molecule has 0 aliphatic carbocycles. The fraction of sp³-hybridized carbons (Fsp3) is 0.125. The lowest BCUT2D eigenvalue weighted by molar-refractivity contribution is -0.112. The summed E-state index contributed by atoms with van der Waals surface area (Å²) in [7, 11) is 0. The predicted molar refractivity (Wildman–Crippen MR) is 46.9 cm³/mol. The molecule has 0 unspecified atom stereocenters. The van der Waals surface area contributed by atoms with E-state index >= 15 is 0 Å². The van der Waals surface area contributed by atoms with Crippen LogP contribution < -0.4 is 5.32 Å². The summed E-state index contributed by atoms with van der Waals surface area (Å²) >= 11 is 5.65. The Hall–Kier alpha value is -1.42. The van der Waals surface area contributed by atoms with Crippen LogP contribution in [0.15, 0.2) is 6.07 Å². The van der Waals surface area contributed by atoms with Gasteiger partial charge in [-0.1, -0.05) is 11.6 Å². The first-order valence-electron chi connectivity index (χ1n) is 3.62. The molecule has 13 heavy (non-hydrogen) atoms. The number of aromatic nitrogens is 1. The van der Waals surface area contributed by atoms with E-state index in [0.29, 0.717) is 11.1 Å². The number of hydrogen-bond donors (Lipinski definition) is 1. The highest BCUT2D eigenvalue weighted by Gasteiger charge is 2.31. The van der Waals surface area contributed by atoms with Crippen LogP contribution in [0.25, 0.3) is 0 Å². The number of carbonyl (C=O) groups is 2. The summed E-state index contributed by atoms with van der Waals surface area (Å²) in [6.07, 6.45) is 0. The number of carbonyl (C=O) groups excluding carboxylic acids is 2. The molecule has 1 amide bonds. The topological polar surface area (TPSA) is 59.1 Å². The van der Waals surface area contributed by atoms with Crippen molar-refractivity contribution in [1.82, 2.24) is 4.98 Å². The molecule has 0 saturated heterocycles. The van der Waals surface area contributed by atoms with Gasteiger partial charge in [0.05, 0.1) is 5.56 Å². The Morgan fingerprint density at radius 1 is 1.46 bits per heavy atom. The molecule has 0 fully saturated rings. The summed E-state index contributed by atoms with van der Waals surface area (Å²) in [5.74, 6) is -0.926. The molecule has 5 heteroatoms. The molecule has 1 N–H and O–H groups in total. The Balaban J connectivity index is 2.71. The number of fused-ring (bicyclic) bond motifs is 1. The number of halogens is 1. The summed E-state index contributed by atoms with van der Waals surface area (Å²) in [5, 5.41) is 2.61. The van der Waals surface area contributed by atoms with Gasteiger partial charge in [0.15, 0.2) is 0 Å². The molecule has 2 heterocycles. The highest BCUT2D eigenvalue weighted by molar-refractivity contribution is 6.51. The van der Waals surface area contributed by atoms with Crippen LogP contribution in [0.2, 0.25) is 5.15 Å². The maximum absolute atomic E-state index is 11.2. The number of amides is 1. The van der Waals surface area contributed by atoms with Crippen molar-refractivity contribution in [3.63, 3.8) is 0 Å². The standard InChI is InChI=1S/C8H5ClN2O2/c1-3-2-4(9)10-7-5(3)6(12)8(13)11-7/h2H,1H3,(H,10,11,12,13). The van der Waals surface area contributed by atoms with Crippen molar-refractivity contribution in [2.75, 3.05) is 5.32 Å². The van der Waals surface area contributed by atoms with Crippen LogP contribution in [0.4, 0.5) is 5.82 Å². The lowest BCUT2D eigenvalue weighted by Gasteiger charge is -1.99. The molecule has 0 atom stereocenters. The van der Waals surface area contributed by atoms with E-state index < -0.39 is 11.7 Å². The second-order valence-electron chi connectivity index (χ2n) is 2.77. The molecule has 66 valence electrons. The number of aryl methyl sites for hydroxylation is 1. The molecule has 2 rings (SSSR count). The van der Waals surface area contributed by atoms with Crippen LogP contribution in [-0.2, 0) is 4.79 Å². The average molecular weight is 197 g/mol. The molecular weight excluding hydrogens is 192 g/mol. The van der Waals surface area contributed by atoms with Crippen molar-refractivity contribution in [2.45, 2.75) is 6.92 Å². The summed E-state index contributed by atoms with van der Waals surface area (Å²) in [6.45, 7) is 1.71. The van der Waals surface area contributed by atoms with Crippen LogP contribution in [0, 0.1) is 6.92 Å². The van der Waals surface area contributed by atoms with Crippen LogP contribution in [0.1, 0.15) is 15.9 Å². The number of anilines is 1. The highest BCUT2D eigenvalue weighted by atomic mass is 35.5. The second kappa shape index (κ2) is 2.53. The lowest BCUT2D eigenvalue weighted by Crippen LogP contribution is -2.12. The van der Waals surface area contributed by atoms with E-state index in [-0.39, 0.29) is 11.0 Å². The largest absolute Gasteiger partial charge is 0.303 e. The van der Waals surface area contributed by atoms with Crippen molar-refractivity contribution in [2.24, 2.45) is 0 Å². The van der Waals surface area contributed by atoms with E-state index in [4.69, 9.17) is 11.6 Å². The summed E-state index contributed by atoms with van der Waals surface area (Å²) < 4.78 is 0. The first kappa shape index (κ1) is 8.19. The van der Waals surface area contributed by atoms with Gasteiger partial charge in [-0.15, -0.1) is 0 Å². The normalized spacial score (nSPS) is 14.3. The molecule has 4 nitrogen and oxygen atoms in total. The number of rotatable bonds is 0. The van der Waals surface area contributed by atoms with Gasteiger partial charge >= 0.3 is 0 Å². The molecule has 1 aliphatic rings. The van der Waals surface area contributed by atoms with Gasteiger partial charge in [0.1, 0.15) is 11.0 Å². The molecule has 0 aromatic carbocycles. The van der Waals surface area contributed by atoms with Crippen molar-refractivity contribution in [3.8, 4) is 0 Å². The summed E-state index contributed by atoms with van der Waals surface area (Å²) in [6, 6.07) is 1.55. The van der Waals surface area contributed by atoms with Crippen LogP contribution in [-0.4, -0.2) is 16.7 Å². The third-order valence-electron chi connectivity index (χ3n) is 1.85. The summed E-state index contributed by atoms with van der Waals surface area (Å²) in [5.41, 5.74) is 0.993. The van der Waals surface area contributed by atoms with Gasteiger partial charge in [0, 0.05) is 0 Å². The van der Waals surface area contributed by atoms with E-state index in [2.05, 4.69) is 10.3 Å². The number of hydrogen-bond acceptors (Lipinski definition) is 3. The van der Waals surface area contributed by atoms with Crippen molar-refractivity contribution < 1.29 is 9.59 Å². The van der Waals surface area contributed by atoms with Gasteiger partial charge in [-0.05, 0) is 18.6 Å². The number of nitrogens with one attached hydrogen (secondary N) is 1. The van der Waals surface area contributed by atoms with E-state index in [1.54, 1.807) is 13.0 Å². The minimum absolute atomic E-state index is 0.264. The maximum atomic E-state index is 11.2. The van der Waals surface area contributed by atoms with Gasteiger partial charge in [-0.3, -0.25) is 9.59 Å².